The van der Waals surface area contributed by atoms with Gasteiger partial charge in [0.15, 0.2) is 0 Å². The maximum absolute atomic E-state index is 3.72. The number of piperidine rings is 3. The zero-order valence-electron chi connectivity index (χ0n) is 40.4. The molecule has 69 aliphatic carbocycles. The lowest BCUT2D eigenvalue weighted by Crippen LogP contribution is -2.34. The van der Waals surface area contributed by atoms with Crippen LogP contribution in [0.5, 0.6) is 0 Å². The van der Waals surface area contributed by atoms with Crippen LogP contribution < -0.4 is 0 Å². The van der Waals surface area contributed by atoms with E-state index >= 15 is 0 Å². The van der Waals surface area contributed by atoms with E-state index in [0.29, 0.717) is 0 Å². The number of nitrogens with zero attached hydrogens (tertiary/aromatic N) is 3. The summed E-state index contributed by atoms with van der Waals surface area (Å²) in [5.74, 6) is 4.16. The van der Waals surface area contributed by atoms with E-state index in [1.165, 1.54) is 296 Å². The first-order valence-corrected chi connectivity index (χ1v) is 39.7. The van der Waals surface area contributed by atoms with Crippen molar-refractivity contribution in [1.29, 1.82) is 0 Å². The number of rotatable bonds is 3. The minimum atomic E-state index is 0.000791. The van der Waals surface area contributed by atoms with E-state index in [4.69, 9.17) is 0 Å². The molecule has 72 rings (SSSR count). The van der Waals surface area contributed by atoms with Crippen molar-refractivity contribution in [1.82, 2.24) is 14.0 Å². The normalized spacial score (nSPS) is 174. The third-order valence-electron chi connectivity index (χ3n) is 75.2. The Kier molecular flexibility index (Phi) is 0.692. The third-order valence-corrected chi connectivity index (χ3v) is 78.0. The van der Waals surface area contributed by atoms with E-state index in [1.807, 2.05) is 0 Å². The molecule has 0 amide bonds. The Labute approximate surface area is 432 Å². The van der Waals surface area contributed by atoms with Gasteiger partial charge in [0.1, 0.15) is 8.37 Å². The topological polar surface area (TPSA) is 9.03 Å². The average Bonchev–Trinajstić information content (AvgIpc) is 1.12. The molecule has 66 spiro atoms. The van der Waals surface area contributed by atoms with Crippen LogP contribution in [-0.4, -0.2) is 48.8 Å². The van der Waals surface area contributed by atoms with Gasteiger partial charge in [-0.25, -0.2) is 14.0 Å². The first-order valence-electron chi connectivity index (χ1n) is 38.5. The van der Waals surface area contributed by atoms with Gasteiger partial charge in [-0.05, 0) is 199 Å². The van der Waals surface area contributed by atoms with Crippen LogP contribution in [0.2, 0.25) is 0 Å². The fraction of sp³-hybridized carbons (Fsp3) is 1.00. The van der Waals surface area contributed by atoms with Gasteiger partial charge in [-0.3, -0.25) is 0 Å². The van der Waals surface area contributed by atoms with Gasteiger partial charge in [0, 0.05) is 197 Å². The SMILES string of the molecule is C1C2C13C21C32C13C21C32C13C21C32C13C21C24C56C78C9%10C%11%12C%13N(P(N%14C%15C%14%16C%15%14C%16%15C%14%16C%15%14C%16%15C%14%16C%15%14C%16%15C%14%16C%14%17C%18%19C%20%21C%22%23C%24%25C%26%27CC%26C%27%24C%25%22C%23%20C%21%18C%19%14C%15%16%17)N%14C%15C%14%16C%15%14C%16%15C%14%16C%15%14C%16%15C%14%16C%15%14C%16%15C%14%16C%14%17C%18%19C%20%21C%22%23C%24%25C%26%27CC%26C%27%24C%25%22C%23%20C%21%18C%19%14C%15%16%17)C%13%11C%129C%107C85C62C341. The zero-order chi connectivity index (χ0) is 40.9. The Morgan fingerprint density at radius 3 is 0.532 bits per heavy atom. The summed E-state index contributed by atoms with van der Waals surface area (Å²) in [6.45, 7) is 0. The molecule has 3 nitrogen and oxygen atoms in total. The molecule has 72 fully saturated rings. The molecule has 0 radical (unpaired) electrons. The summed E-state index contributed by atoms with van der Waals surface area (Å²) >= 11 is 0. The number of hydrogen-bond donors (Lipinski definition) is 0. The highest BCUT2D eigenvalue weighted by Gasteiger charge is 4.00. The monoisotopic (exact) mass is 985 g/mol. The van der Waals surface area contributed by atoms with Crippen molar-refractivity contribution < 1.29 is 0 Å². The molecule has 3 saturated heterocycles. The zero-order valence-corrected chi connectivity index (χ0v) is 41.3. The first kappa shape index (κ1) is 21.5. The van der Waals surface area contributed by atoms with Crippen LogP contribution in [0.1, 0.15) is 19.3 Å². The molecular formula is C75H12N3P. The lowest BCUT2D eigenvalue weighted by molar-refractivity contribution is 0.224. The van der Waals surface area contributed by atoms with Crippen molar-refractivity contribution >= 4 is 8.37 Å². The molecule has 75 atom stereocenters. The lowest BCUT2D eigenvalue weighted by atomic mass is 9.81. The largest absolute Gasteiger partial charge is 0.243 e. The van der Waals surface area contributed by atoms with Crippen LogP contribution in [0.15, 0.2) is 0 Å². The third kappa shape index (κ3) is 0.382. The van der Waals surface area contributed by atoms with Crippen molar-refractivity contribution in [3.63, 3.8) is 0 Å². The van der Waals surface area contributed by atoms with Gasteiger partial charge >= 0.3 is 0 Å². The maximum Gasteiger partial charge on any atom is 0.123 e. The lowest BCUT2D eigenvalue weighted by Gasteiger charge is -2.36. The second kappa shape index (κ2) is 2.54. The van der Waals surface area contributed by atoms with Crippen molar-refractivity contribution in [2.75, 3.05) is 0 Å². The first-order chi connectivity index (χ1) is 39.4. The van der Waals surface area contributed by atoms with Gasteiger partial charge in [0.2, 0.25) is 0 Å². The number of hydrogen-bond acceptors (Lipinski definition) is 3. The summed E-state index contributed by atoms with van der Waals surface area (Å²) in [5.41, 5.74) is 77.7. The van der Waals surface area contributed by atoms with Gasteiger partial charge < -0.3 is 0 Å². The fourth-order valence-corrected chi connectivity index (χ4v) is 95.0. The highest BCUT2D eigenvalue weighted by molar-refractivity contribution is 7.52. The molecule has 4 heteroatoms. The molecule has 0 N–H and O–H groups in total. The smallest absolute Gasteiger partial charge is 0.123 e. The standard InChI is InChI=1S/C75H12N3P/c1-4-10(1)13(4)22(10)28(13)34(22)40(28)46(34)52(40)58(46)64(52)70(58)67-55-43-31-16-7-19(16,25(16,31)37(31,43)49(43,55)61(55,67)73(64,67)70)76(7)79(77-8-17-20(8,77)26(17)32(17)38(26)44(32)50(38)56(44)62(50)68(56)71-59-47-35-23-11-2-5(11)14(11,23)29(23,35)41(35,47)53(47,59)65(59,71)74(62,68)71)78-9-18-21(9,78)27(18)33(18)39(27)45(33)51(39)57(45)63(51)69(57)72-60-48-36-24-12-3-6(12)15(12,24)30(24,36)42(36,48)54(48,60)66(60,72)75(63,69)72/h4-9H,1-3H2. The maximum atomic E-state index is 3.72. The molecule has 79 heavy (non-hydrogen) atoms. The summed E-state index contributed by atoms with van der Waals surface area (Å²) < 4.78 is 11.2. The minimum Gasteiger partial charge on any atom is -0.243 e. The van der Waals surface area contributed by atoms with Gasteiger partial charge in [0.25, 0.3) is 0 Å². The molecule has 3 heterocycles. The average molecular weight is 986 g/mol. The molecule has 72 aliphatic rings. The van der Waals surface area contributed by atoms with E-state index in [1.54, 1.807) is 19.3 Å². The van der Waals surface area contributed by atoms with Crippen molar-refractivity contribution in [3.8, 4) is 0 Å². The van der Waals surface area contributed by atoms with Crippen molar-refractivity contribution in [2.45, 2.75) is 54.0 Å². The van der Waals surface area contributed by atoms with Crippen molar-refractivity contribution in [3.05, 3.63) is 114 Å². The molecule has 0 aromatic heterocycles. The summed E-state index contributed by atoms with van der Waals surface area (Å²) in [4.78, 5) is 0. The van der Waals surface area contributed by atoms with Crippen LogP contribution in [0, 0.1) is 359 Å². The molecule has 3 aliphatic heterocycles. The highest BCUT2D eigenvalue weighted by Crippen LogP contribution is 4.04. The van der Waals surface area contributed by atoms with E-state index < -0.39 is 0 Å². The van der Waals surface area contributed by atoms with E-state index in [0.717, 1.165) is 97.8 Å². The predicted octanol–water partition coefficient (Wildman–Crippen LogP) is 2.29. The van der Waals surface area contributed by atoms with Gasteiger partial charge in [0.05, 0.1) is 16.6 Å². The highest BCUT2D eigenvalue weighted by atomic mass is 31.2. The van der Waals surface area contributed by atoms with Crippen LogP contribution in [0.25, 0.3) is 0 Å². The van der Waals surface area contributed by atoms with E-state index in [2.05, 4.69) is 14.0 Å². The molecule has 332 valence electrons. The second-order valence-electron chi connectivity index (χ2n) is 55.3. The summed E-state index contributed by atoms with van der Waals surface area (Å²) in [7, 11) is 0.000791. The minimum absolute atomic E-state index is 0.000791. The Hall–Kier alpha value is 0.310. The van der Waals surface area contributed by atoms with Gasteiger partial charge in [-0.2, -0.15) is 0 Å². The Bertz CT molecular complexity index is 6850. The molecule has 0 bridgehead atoms. The van der Waals surface area contributed by atoms with Crippen LogP contribution in [-0.2, 0) is 0 Å². The van der Waals surface area contributed by atoms with Crippen LogP contribution >= 0.6 is 8.37 Å². The van der Waals surface area contributed by atoms with E-state index in [9.17, 15) is 0 Å². The molecule has 69 saturated carbocycles. The van der Waals surface area contributed by atoms with Gasteiger partial charge in [-0.15, -0.1) is 0 Å². The van der Waals surface area contributed by atoms with Crippen molar-refractivity contribution in [2.24, 2.45) is 245 Å². The fourth-order valence-electron chi connectivity index (χ4n) is 90.8. The molecular weight excluding hydrogens is 974 g/mol. The Morgan fingerprint density at radius 1 is 0.177 bits per heavy atom. The van der Waals surface area contributed by atoms with Crippen LogP contribution in [0.4, 0.5) is 0 Å². The summed E-state index contributed by atoms with van der Waals surface area (Å²) in [6, 6.07) is 3.75. The van der Waals surface area contributed by atoms with Gasteiger partial charge in [-0.1, -0.05) is 0 Å². The van der Waals surface area contributed by atoms with E-state index in [-0.39, 0.29) is 8.37 Å². The quantitative estimate of drug-likeness (QED) is 0.318. The summed E-state index contributed by atoms with van der Waals surface area (Å²) in [6.07, 6.45) is 5.35. The summed E-state index contributed by atoms with van der Waals surface area (Å²) in [5, 5.41) is 0. The Morgan fingerprint density at radius 2 is 0.342 bits per heavy atom. The second-order valence-corrected chi connectivity index (χ2v) is 57.2. The molecule has 0 aromatic rings. The predicted molar refractivity (Wildman–Crippen MR) is 227 cm³/mol. The van der Waals surface area contributed by atoms with Crippen LogP contribution in [0.3, 0.4) is 0 Å². The molecule has 75 unspecified atom stereocenters. The molecule has 0 aromatic carbocycles. The Balaban J connectivity index is 0.360.